The number of halogens is 1. The molecule has 5 nitrogen and oxygen atoms in total. The summed E-state index contributed by atoms with van der Waals surface area (Å²) in [4.78, 5) is 29.3. The standard InChI is InChI=1S/C19H16BrN3O2/c1-22-14-7-6-11(20)10-13(14)17(18(22)24)16-12-4-2-3-5-15(12)23(9-8-21)19(16)25/h2-7,10H,8-9,21H2,1H3/b17-16+. The number of rotatable bonds is 2. The molecule has 25 heavy (non-hydrogen) atoms. The number of nitrogens with two attached hydrogens (primary N) is 1. The van der Waals surface area contributed by atoms with E-state index >= 15 is 0 Å². The first-order valence-electron chi connectivity index (χ1n) is 7.98. The Kier molecular flexibility index (Phi) is 3.74. The first-order valence-corrected chi connectivity index (χ1v) is 8.77. The van der Waals surface area contributed by atoms with Crippen LogP contribution in [-0.2, 0) is 9.59 Å². The highest BCUT2D eigenvalue weighted by atomic mass is 79.9. The predicted molar refractivity (Wildman–Crippen MR) is 102 cm³/mol. The van der Waals surface area contributed by atoms with Crippen LogP contribution in [0.2, 0.25) is 0 Å². The minimum atomic E-state index is -0.170. The van der Waals surface area contributed by atoms with Crippen molar-refractivity contribution in [3.8, 4) is 0 Å². The minimum Gasteiger partial charge on any atom is -0.329 e. The highest BCUT2D eigenvalue weighted by molar-refractivity contribution is 9.10. The lowest BCUT2D eigenvalue weighted by Crippen LogP contribution is -2.32. The summed E-state index contributed by atoms with van der Waals surface area (Å²) in [7, 11) is 1.73. The van der Waals surface area contributed by atoms with Crippen LogP contribution in [0.1, 0.15) is 11.1 Å². The summed E-state index contributed by atoms with van der Waals surface area (Å²) in [5.41, 5.74) is 9.76. The molecule has 6 heteroatoms. The molecule has 0 aliphatic carbocycles. The molecule has 0 unspecified atom stereocenters. The van der Waals surface area contributed by atoms with Gasteiger partial charge >= 0.3 is 0 Å². The van der Waals surface area contributed by atoms with Gasteiger partial charge in [-0.1, -0.05) is 34.1 Å². The number of carbonyl (C=O) groups is 2. The molecule has 0 atom stereocenters. The molecule has 0 bridgehead atoms. The lowest BCUT2D eigenvalue weighted by Gasteiger charge is -2.15. The van der Waals surface area contributed by atoms with Crippen LogP contribution in [0.25, 0.3) is 11.1 Å². The van der Waals surface area contributed by atoms with E-state index in [2.05, 4.69) is 15.9 Å². The van der Waals surface area contributed by atoms with Crippen molar-refractivity contribution < 1.29 is 9.59 Å². The van der Waals surface area contributed by atoms with Crippen LogP contribution in [0, 0.1) is 0 Å². The van der Waals surface area contributed by atoms with Crippen molar-refractivity contribution in [2.24, 2.45) is 5.73 Å². The van der Waals surface area contributed by atoms with E-state index in [1.54, 1.807) is 16.8 Å². The van der Waals surface area contributed by atoms with Crippen molar-refractivity contribution in [1.29, 1.82) is 0 Å². The second-order valence-corrected chi connectivity index (χ2v) is 6.95. The Morgan fingerprint density at radius 1 is 0.960 bits per heavy atom. The number of hydrogen-bond donors (Lipinski definition) is 1. The van der Waals surface area contributed by atoms with Crippen LogP contribution < -0.4 is 15.5 Å². The van der Waals surface area contributed by atoms with E-state index in [9.17, 15) is 9.59 Å². The number of fused-ring (bicyclic) bond motifs is 2. The quantitative estimate of drug-likeness (QED) is 0.792. The zero-order valence-electron chi connectivity index (χ0n) is 13.6. The summed E-state index contributed by atoms with van der Waals surface area (Å²) >= 11 is 3.46. The molecule has 126 valence electrons. The van der Waals surface area contributed by atoms with Crippen molar-refractivity contribution >= 4 is 50.3 Å². The normalized spacial score (nSPS) is 18.8. The molecule has 2 aliphatic rings. The summed E-state index contributed by atoms with van der Waals surface area (Å²) in [6.07, 6.45) is 0. The monoisotopic (exact) mass is 397 g/mol. The van der Waals surface area contributed by atoms with Crippen LogP contribution in [0.5, 0.6) is 0 Å². The topological polar surface area (TPSA) is 66.6 Å². The van der Waals surface area contributed by atoms with Gasteiger partial charge in [-0.05, 0) is 24.3 Å². The van der Waals surface area contributed by atoms with Crippen LogP contribution in [0.3, 0.4) is 0 Å². The van der Waals surface area contributed by atoms with E-state index in [1.165, 1.54) is 0 Å². The third kappa shape index (κ3) is 2.25. The Balaban J connectivity index is 2.02. The molecule has 2 N–H and O–H groups in total. The van der Waals surface area contributed by atoms with Gasteiger partial charge in [-0.2, -0.15) is 0 Å². The molecular weight excluding hydrogens is 382 g/mol. The van der Waals surface area contributed by atoms with Crippen LogP contribution in [-0.4, -0.2) is 32.0 Å². The average molecular weight is 398 g/mol. The number of amides is 2. The third-order valence-electron chi connectivity index (χ3n) is 4.63. The average Bonchev–Trinajstić information content (AvgIpc) is 3.01. The largest absolute Gasteiger partial charge is 0.329 e. The van der Waals surface area contributed by atoms with Gasteiger partial charge in [0.25, 0.3) is 11.8 Å². The van der Waals surface area contributed by atoms with E-state index in [0.29, 0.717) is 24.2 Å². The second-order valence-electron chi connectivity index (χ2n) is 6.04. The van der Waals surface area contributed by atoms with Gasteiger partial charge in [-0.3, -0.25) is 9.59 Å². The van der Waals surface area contributed by atoms with Gasteiger partial charge in [0.1, 0.15) is 0 Å². The molecule has 0 saturated carbocycles. The number of hydrogen-bond acceptors (Lipinski definition) is 3. The van der Waals surface area contributed by atoms with E-state index < -0.39 is 0 Å². The molecule has 0 spiro atoms. The number of nitrogens with zero attached hydrogens (tertiary/aromatic N) is 2. The lowest BCUT2D eigenvalue weighted by molar-refractivity contribution is -0.114. The number of likely N-dealkylation sites (N-methyl/N-ethyl adjacent to an activating group) is 1. The lowest BCUT2D eigenvalue weighted by atomic mass is 9.96. The van der Waals surface area contributed by atoms with Crippen molar-refractivity contribution in [2.75, 3.05) is 29.9 Å². The first-order chi connectivity index (χ1) is 12.0. The van der Waals surface area contributed by atoms with Crippen molar-refractivity contribution in [1.82, 2.24) is 0 Å². The molecule has 0 fully saturated rings. The fourth-order valence-electron chi connectivity index (χ4n) is 3.51. The molecule has 4 rings (SSSR count). The van der Waals surface area contributed by atoms with Crippen LogP contribution in [0.15, 0.2) is 46.9 Å². The smallest absolute Gasteiger partial charge is 0.259 e. The highest BCUT2D eigenvalue weighted by Crippen LogP contribution is 2.46. The Labute approximate surface area is 153 Å². The van der Waals surface area contributed by atoms with Gasteiger partial charge in [0, 0.05) is 35.7 Å². The van der Waals surface area contributed by atoms with E-state index in [4.69, 9.17) is 5.73 Å². The fraction of sp³-hybridized carbons (Fsp3) is 0.158. The van der Waals surface area contributed by atoms with Crippen molar-refractivity contribution in [3.05, 3.63) is 58.1 Å². The van der Waals surface area contributed by atoms with Gasteiger partial charge < -0.3 is 15.5 Å². The Morgan fingerprint density at radius 2 is 1.68 bits per heavy atom. The maximum Gasteiger partial charge on any atom is 0.259 e. The number of carbonyl (C=O) groups excluding carboxylic acids is 2. The Morgan fingerprint density at radius 3 is 2.44 bits per heavy atom. The van der Waals surface area contributed by atoms with Gasteiger partial charge in [-0.15, -0.1) is 0 Å². The minimum absolute atomic E-state index is 0.166. The van der Waals surface area contributed by atoms with E-state index in [1.807, 2.05) is 42.5 Å². The van der Waals surface area contributed by atoms with E-state index in [-0.39, 0.29) is 11.8 Å². The maximum absolute atomic E-state index is 13.1. The van der Waals surface area contributed by atoms with E-state index in [0.717, 1.165) is 27.0 Å². The molecule has 2 amide bonds. The highest BCUT2D eigenvalue weighted by Gasteiger charge is 2.40. The molecule has 2 aromatic rings. The predicted octanol–water partition coefficient (Wildman–Crippen LogP) is 2.64. The first kappa shape index (κ1) is 16.1. The number of benzene rings is 2. The van der Waals surface area contributed by atoms with Gasteiger partial charge in [0.05, 0.1) is 22.5 Å². The zero-order valence-corrected chi connectivity index (χ0v) is 15.2. The zero-order chi connectivity index (χ0) is 17.7. The number of para-hydroxylation sites is 1. The van der Waals surface area contributed by atoms with Gasteiger partial charge in [-0.25, -0.2) is 0 Å². The fourth-order valence-corrected chi connectivity index (χ4v) is 3.87. The molecule has 0 aromatic heterocycles. The van der Waals surface area contributed by atoms with Crippen molar-refractivity contribution in [3.63, 3.8) is 0 Å². The Hall–Kier alpha value is -2.44. The molecule has 2 aromatic carbocycles. The van der Waals surface area contributed by atoms with Crippen LogP contribution in [0.4, 0.5) is 11.4 Å². The van der Waals surface area contributed by atoms with Crippen LogP contribution >= 0.6 is 15.9 Å². The molecule has 2 aliphatic heterocycles. The molecule has 2 heterocycles. The summed E-state index contributed by atoms with van der Waals surface area (Å²) < 4.78 is 0.866. The second kappa shape index (κ2) is 5.82. The molecule has 0 radical (unpaired) electrons. The van der Waals surface area contributed by atoms with Crippen molar-refractivity contribution in [2.45, 2.75) is 0 Å². The summed E-state index contributed by atoms with van der Waals surface area (Å²) in [5.74, 6) is -0.336. The molecular formula is C19H16BrN3O2. The summed E-state index contributed by atoms with van der Waals surface area (Å²) in [6.45, 7) is 0.778. The van der Waals surface area contributed by atoms with Gasteiger partial charge in [0.2, 0.25) is 0 Å². The number of anilines is 2. The SMILES string of the molecule is CN1C(=O)/C(=C2/C(=O)N(CCN)c3ccccc32)c2cc(Br)ccc21. The summed E-state index contributed by atoms with van der Waals surface area (Å²) in [6, 6.07) is 13.2. The molecule has 0 saturated heterocycles. The van der Waals surface area contributed by atoms with Gasteiger partial charge in [0.15, 0.2) is 0 Å². The third-order valence-corrected chi connectivity index (χ3v) is 5.13. The maximum atomic E-state index is 13.1. The summed E-state index contributed by atoms with van der Waals surface area (Å²) in [5, 5.41) is 0. The Bertz CT molecular complexity index is 951.